The first kappa shape index (κ1) is 21.1. The first-order chi connectivity index (χ1) is 12.7. The van der Waals surface area contributed by atoms with E-state index >= 15 is 0 Å². The second-order valence-electron chi connectivity index (χ2n) is 6.88. The number of carbonyl (C=O) groups is 2. The number of hydrogen-bond donors (Lipinski definition) is 2. The molecule has 1 amide bonds. The molecule has 1 aromatic heterocycles. The third-order valence-electron chi connectivity index (χ3n) is 4.16. The number of hydrogen-bond acceptors (Lipinski definition) is 5. The second-order valence-corrected chi connectivity index (χ2v) is 7.96. The fraction of sp³-hybridized carbons (Fsp3) is 0.450. The maximum atomic E-state index is 12.4. The van der Waals surface area contributed by atoms with Gasteiger partial charge in [-0.2, -0.15) is 0 Å². The fourth-order valence-electron chi connectivity index (χ4n) is 3.07. The maximum absolute atomic E-state index is 12.4. The highest BCUT2D eigenvalue weighted by molar-refractivity contribution is 7.13. The van der Waals surface area contributed by atoms with Crippen LogP contribution in [0, 0.1) is 27.7 Å². The summed E-state index contributed by atoms with van der Waals surface area (Å²) in [6.07, 6.45) is 0. The number of ether oxygens (including phenoxy) is 1. The molecule has 7 heteroatoms. The number of aryl methyl sites for hydroxylation is 4. The average Bonchev–Trinajstić information content (AvgIpc) is 2.91. The molecule has 2 rings (SSSR count). The quantitative estimate of drug-likeness (QED) is 0.711. The van der Waals surface area contributed by atoms with Crippen molar-refractivity contribution in [1.82, 2.24) is 4.98 Å². The van der Waals surface area contributed by atoms with Crippen LogP contribution in [0.2, 0.25) is 0 Å². The van der Waals surface area contributed by atoms with E-state index in [9.17, 15) is 9.59 Å². The Kier molecular flexibility index (Phi) is 7.10. The van der Waals surface area contributed by atoms with E-state index in [4.69, 9.17) is 4.74 Å². The van der Waals surface area contributed by atoms with Gasteiger partial charge in [0.1, 0.15) is 16.4 Å². The van der Waals surface area contributed by atoms with Crippen LogP contribution in [0.25, 0.3) is 0 Å². The summed E-state index contributed by atoms with van der Waals surface area (Å²) in [4.78, 5) is 30.3. The maximum Gasteiger partial charge on any atom is 0.350 e. The van der Waals surface area contributed by atoms with Crippen LogP contribution in [0.1, 0.15) is 44.0 Å². The number of likely N-dealkylation sites (N-methyl/N-ethyl adjacent to an activating group) is 1. The Morgan fingerprint density at radius 1 is 1.19 bits per heavy atom. The van der Waals surface area contributed by atoms with E-state index < -0.39 is 0 Å². The van der Waals surface area contributed by atoms with E-state index in [1.165, 1.54) is 16.9 Å². The van der Waals surface area contributed by atoms with Crippen LogP contribution >= 0.6 is 11.3 Å². The summed E-state index contributed by atoms with van der Waals surface area (Å²) in [5, 5.41) is 3.85. The number of amides is 1. The Morgan fingerprint density at radius 3 is 2.41 bits per heavy atom. The molecular formula is C20H28N3O3S+. The molecule has 0 saturated carbocycles. The minimum Gasteiger partial charge on any atom is -0.462 e. The molecule has 0 saturated heterocycles. The standard InChI is InChI=1S/C20H27N3O3S/c1-7-26-20(25)19-15(5)21-17(27-19)11-23(6)10-16(24)22-18-13(3)8-12(2)9-14(18)4/h8-9H,7,10-11H2,1-6H3,(H,22,24)/p+1. The summed E-state index contributed by atoms with van der Waals surface area (Å²) in [5.41, 5.74) is 4.87. The molecule has 6 nitrogen and oxygen atoms in total. The minimum absolute atomic E-state index is 0.0403. The Labute approximate surface area is 164 Å². The number of thiazole rings is 1. The molecule has 2 aromatic rings. The summed E-state index contributed by atoms with van der Waals surface area (Å²) < 4.78 is 5.05. The van der Waals surface area contributed by atoms with Gasteiger partial charge in [-0.25, -0.2) is 9.78 Å². The predicted octanol–water partition coefficient (Wildman–Crippen LogP) is 2.21. The molecule has 0 aliphatic rings. The first-order valence-electron chi connectivity index (χ1n) is 9.03. The van der Waals surface area contributed by atoms with Crippen molar-refractivity contribution in [3.8, 4) is 0 Å². The molecule has 0 bridgehead atoms. The highest BCUT2D eigenvalue weighted by Gasteiger charge is 2.19. The monoisotopic (exact) mass is 390 g/mol. The van der Waals surface area contributed by atoms with Crippen molar-refractivity contribution in [3.63, 3.8) is 0 Å². The van der Waals surface area contributed by atoms with E-state index in [-0.39, 0.29) is 11.9 Å². The van der Waals surface area contributed by atoms with Crippen LogP contribution in [0.4, 0.5) is 5.69 Å². The minimum atomic E-state index is -0.334. The van der Waals surface area contributed by atoms with Crippen LogP contribution in [0.3, 0.4) is 0 Å². The second kappa shape index (κ2) is 9.10. The molecule has 2 N–H and O–H groups in total. The van der Waals surface area contributed by atoms with Crippen LogP contribution in [-0.4, -0.2) is 37.1 Å². The van der Waals surface area contributed by atoms with E-state index in [0.717, 1.165) is 26.7 Å². The van der Waals surface area contributed by atoms with E-state index in [2.05, 4.69) is 22.4 Å². The van der Waals surface area contributed by atoms with Crippen molar-refractivity contribution >= 4 is 28.9 Å². The van der Waals surface area contributed by atoms with Crippen molar-refractivity contribution in [1.29, 1.82) is 0 Å². The van der Waals surface area contributed by atoms with Gasteiger partial charge in [-0.1, -0.05) is 17.7 Å². The molecular weight excluding hydrogens is 362 g/mol. The molecule has 0 fully saturated rings. The predicted molar refractivity (Wildman–Crippen MR) is 108 cm³/mol. The molecule has 1 aromatic carbocycles. The van der Waals surface area contributed by atoms with Gasteiger partial charge in [-0.3, -0.25) is 4.79 Å². The summed E-state index contributed by atoms with van der Waals surface area (Å²) >= 11 is 1.34. The lowest BCUT2D eigenvalue weighted by molar-refractivity contribution is -0.885. The molecule has 1 atom stereocenters. The highest BCUT2D eigenvalue weighted by atomic mass is 32.1. The van der Waals surface area contributed by atoms with Crippen molar-refractivity contribution in [2.75, 3.05) is 25.5 Å². The number of anilines is 1. The number of aromatic nitrogens is 1. The van der Waals surface area contributed by atoms with Crippen molar-refractivity contribution < 1.29 is 19.2 Å². The summed E-state index contributed by atoms with van der Waals surface area (Å²) in [5.74, 6) is -0.374. The number of quaternary nitrogens is 1. The zero-order valence-electron chi connectivity index (χ0n) is 16.9. The van der Waals surface area contributed by atoms with E-state index in [0.29, 0.717) is 30.3 Å². The van der Waals surface area contributed by atoms with Gasteiger partial charge < -0.3 is 15.0 Å². The van der Waals surface area contributed by atoms with Crippen molar-refractivity contribution in [3.05, 3.63) is 44.4 Å². The molecule has 146 valence electrons. The smallest absolute Gasteiger partial charge is 0.350 e. The van der Waals surface area contributed by atoms with Crippen LogP contribution < -0.4 is 10.2 Å². The molecule has 1 heterocycles. The van der Waals surface area contributed by atoms with Gasteiger partial charge in [0, 0.05) is 5.69 Å². The Morgan fingerprint density at radius 2 is 1.81 bits per heavy atom. The van der Waals surface area contributed by atoms with Gasteiger partial charge in [0.25, 0.3) is 5.91 Å². The van der Waals surface area contributed by atoms with Gasteiger partial charge in [0.15, 0.2) is 6.54 Å². The lowest BCUT2D eigenvalue weighted by Crippen LogP contribution is -3.08. The van der Waals surface area contributed by atoms with Gasteiger partial charge in [0.2, 0.25) is 0 Å². The Bertz CT molecular complexity index is 822. The number of esters is 1. The van der Waals surface area contributed by atoms with Crippen LogP contribution in [-0.2, 0) is 16.1 Å². The zero-order valence-corrected chi connectivity index (χ0v) is 17.7. The Balaban J connectivity index is 1.98. The van der Waals surface area contributed by atoms with Crippen LogP contribution in [0.5, 0.6) is 0 Å². The number of benzene rings is 1. The zero-order chi connectivity index (χ0) is 20.1. The highest BCUT2D eigenvalue weighted by Crippen LogP contribution is 2.21. The van der Waals surface area contributed by atoms with Gasteiger partial charge in [-0.05, 0) is 45.7 Å². The molecule has 0 aliphatic heterocycles. The van der Waals surface area contributed by atoms with Crippen molar-refractivity contribution in [2.24, 2.45) is 0 Å². The molecule has 0 radical (unpaired) electrons. The largest absolute Gasteiger partial charge is 0.462 e. The lowest BCUT2D eigenvalue weighted by Gasteiger charge is -2.15. The van der Waals surface area contributed by atoms with Crippen molar-refractivity contribution in [2.45, 2.75) is 41.2 Å². The summed E-state index contributed by atoms with van der Waals surface area (Å²) in [6, 6.07) is 4.13. The summed E-state index contributed by atoms with van der Waals surface area (Å²) in [7, 11) is 1.94. The van der Waals surface area contributed by atoms with Gasteiger partial charge >= 0.3 is 5.97 Å². The Hall–Kier alpha value is -2.25. The number of nitrogens with one attached hydrogen (secondary N) is 2. The number of rotatable bonds is 7. The van der Waals surface area contributed by atoms with Gasteiger partial charge in [0.05, 0.1) is 19.3 Å². The SMILES string of the molecule is CCOC(=O)c1sc(C[NH+](C)CC(=O)Nc2c(C)cc(C)cc2C)nc1C. The molecule has 27 heavy (non-hydrogen) atoms. The third kappa shape index (κ3) is 5.61. The molecule has 1 unspecified atom stereocenters. The number of carbonyl (C=O) groups excluding carboxylic acids is 2. The number of nitrogens with zero attached hydrogens (tertiary/aromatic N) is 1. The molecule has 0 aliphatic carbocycles. The first-order valence-corrected chi connectivity index (χ1v) is 9.85. The topological polar surface area (TPSA) is 72.7 Å². The van der Waals surface area contributed by atoms with Crippen LogP contribution in [0.15, 0.2) is 12.1 Å². The normalized spacial score (nSPS) is 11.9. The van der Waals surface area contributed by atoms with E-state index in [1.807, 2.05) is 27.8 Å². The average molecular weight is 391 g/mol. The third-order valence-corrected chi connectivity index (χ3v) is 5.30. The summed E-state index contributed by atoms with van der Waals surface area (Å²) in [6.45, 7) is 10.9. The fourth-order valence-corrected chi connectivity index (χ4v) is 4.14. The van der Waals surface area contributed by atoms with Gasteiger partial charge in [-0.15, -0.1) is 11.3 Å². The van der Waals surface area contributed by atoms with E-state index in [1.54, 1.807) is 13.8 Å². The lowest BCUT2D eigenvalue weighted by atomic mass is 10.1. The molecule has 0 spiro atoms.